The van der Waals surface area contributed by atoms with E-state index in [1.165, 1.54) is 23.9 Å². The standard InChI is InChI=1S/C14H20FNO2S/c1-4-18-13(17)14(2,16-3)8-9-19-12-7-5-6-11(15)10-12/h5-7,10,16H,4,8-9H2,1-3H3. The molecule has 0 saturated carbocycles. The number of rotatable bonds is 7. The molecule has 0 heterocycles. The van der Waals surface area contributed by atoms with Crippen molar-refractivity contribution in [2.24, 2.45) is 0 Å². The maximum absolute atomic E-state index is 13.0. The van der Waals surface area contributed by atoms with E-state index in [9.17, 15) is 9.18 Å². The zero-order valence-corrected chi connectivity index (χ0v) is 12.3. The summed E-state index contributed by atoms with van der Waals surface area (Å²) in [5.74, 6) is 0.212. The number of carbonyl (C=O) groups excluding carboxylic acids is 1. The van der Waals surface area contributed by atoms with Crippen LogP contribution in [0, 0.1) is 5.82 Å². The van der Waals surface area contributed by atoms with Crippen LogP contribution >= 0.6 is 11.8 Å². The highest BCUT2D eigenvalue weighted by Gasteiger charge is 2.32. The number of likely N-dealkylation sites (N-methyl/N-ethyl adjacent to an activating group) is 1. The summed E-state index contributed by atoms with van der Waals surface area (Å²) in [7, 11) is 1.74. The highest BCUT2D eigenvalue weighted by atomic mass is 32.2. The van der Waals surface area contributed by atoms with Crippen molar-refractivity contribution in [3.63, 3.8) is 0 Å². The van der Waals surface area contributed by atoms with E-state index in [-0.39, 0.29) is 11.8 Å². The summed E-state index contributed by atoms with van der Waals surface area (Å²) >= 11 is 1.52. The Labute approximate surface area is 117 Å². The van der Waals surface area contributed by atoms with Crippen molar-refractivity contribution in [2.75, 3.05) is 19.4 Å². The first-order chi connectivity index (χ1) is 9.01. The summed E-state index contributed by atoms with van der Waals surface area (Å²) in [6, 6.07) is 6.45. The van der Waals surface area contributed by atoms with Crippen LogP contribution in [0.15, 0.2) is 29.2 Å². The summed E-state index contributed by atoms with van der Waals surface area (Å²) < 4.78 is 18.1. The highest BCUT2D eigenvalue weighted by molar-refractivity contribution is 7.99. The molecule has 1 aromatic carbocycles. The fraction of sp³-hybridized carbons (Fsp3) is 0.500. The van der Waals surface area contributed by atoms with Crippen LogP contribution in [0.3, 0.4) is 0 Å². The molecule has 1 N–H and O–H groups in total. The average molecular weight is 285 g/mol. The SMILES string of the molecule is CCOC(=O)C(C)(CCSc1cccc(F)c1)NC. The lowest BCUT2D eigenvalue weighted by Gasteiger charge is -2.26. The van der Waals surface area contributed by atoms with Crippen molar-refractivity contribution < 1.29 is 13.9 Å². The third kappa shape index (κ3) is 4.84. The van der Waals surface area contributed by atoms with Crippen molar-refractivity contribution in [3.05, 3.63) is 30.1 Å². The number of carbonyl (C=O) groups is 1. The smallest absolute Gasteiger partial charge is 0.326 e. The molecule has 1 aromatic rings. The predicted molar refractivity (Wildman–Crippen MR) is 75.8 cm³/mol. The molecule has 0 aliphatic rings. The minimum atomic E-state index is -0.698. The molecule has 1 rings (SSSR count). The molecule has 5 heteroatoms. The Morgan fingerprint density at radius 3 is 2.84 bits per heavy atom. The molecule has 106 valence electrons. The van der Waals surface area contributed by atoms with E-state index in [1.54, 1.807) is 20.0 Å². The van der Waals surface area contributed by atoms with E-state index in [1.807, 2.05) is 13.0 Å². The van der Waals surface area contributed by atoms with Crippen molar-refractivity contribution >= 4 is 17.7 Å². The van der Waals surface area contributed by atoms with Crippen LogP contribution in [0.25, 0.3) is 0 Å². The monoisotopic (exact) mass is 285 g/mol. The molecular weight excluding hydrogens is 265 g/mol. The second kappa shape index (κ2) is 7.50. The zero-order valence-electron chi connectivity index (χ0n) is 11.5. The fourth-order valence-electron chi connectivity index (χ4n) is 1.55. The van der Waals surface area contributed by atoms with Gasteiger partial charge in [-0.1, -0.05) is 6.07 Å². The first-order valence-electron chi connectivity index (χ1n) is 6.26. The van der Waals surface area contributed by atoms with Gasteiger partial charge in [0.2, 0.25) is 0 Å². The van der Waals surface area contributed by atoms with Gasteiger partial charge in [0.15, 0.2) is 0 Å². The number of nitrogens with one attached hydrogen (secondary N) is 1. The third-order valence-corrected chi connectivity index (χ3v) is 3.94. The van der Waals surface area contributed by atoms with Gasteiger partial charge < -0.3 is 10.1 Å². The van der Waals surface area contributed by atoms with Gasteiger partial charge in [-0.2, -0.15) is 0 Å². The van der Waals surface area contributed by atoms with Gasteiger partial charge in [0.05, 0.1) is 6.61 Å². The molecule has 19 heavy (non-hydrogen) atoms. The molecule has 0 spiro atoms. The molecular formula is C14H20FNO2S. The van der Waals surface area contributed by atoms with Crippen molar-refractivity contribution in [1.29, 1.82) is 0 Å². The molecule has 1 atom stereocenters. The molecule has 0 amide bonds. The Morgan fingerprint density at radius 1 is 1.53 bits per heavy atom. The normalized spacial score (nSPS) is 13.9. The second-order valence-corrected chi connectivity index (χ2v) is 5.53. The number of hydrogen-bond donors (Lipinski definition) is 1. The van der Waals surface area contributed by atoms with Crippen LogP contribution in [0.1, 0.15) is 20.3 Å². The minimum absolute atomic E-state index is 0.244. The van der Waals surface area contributed by atoms with Crippen LogP contribution in [0.5, 0.6) is 0 Å². The number of thioether (sulfide) groups is 1. The lowest BCUT2D eigenvalue weighted by atomic mass is 10.00. The van der Waals surface area contributed by atoms with Gasteiger partial charge in [0.25, 0.3) is 0 Å². The second-order valence-electron chi connectivity index (χ2n) is 4.36. The molecule has 0 fully saturated rings. The molecule has 0 saturated heterocycles. The van der Waals surface area contributed by atoms with E-state index in [0.29, 0.717) is 18.8 Å². The van der Waals surface area contributed by atoms with E-state index in [4.69, 9.17) is 4.74 Å². The Balaban J connectivity index is 2.52. The molecule has 0 bridgehead atoms. The Morgan fingerprint density at radius 2 is 2.26 bits per heavy atom. The van der Waals surface area contributed by atoms with E-state index in [2.05, 4.69) is 5.32 Å². The van der Waals surface area contributed by atoms with Gasteiger partial charge in [-0.15, -0.1) is 11.8 Å². The first kappa shape index (κ1) is 16.0. The maximum Gasteiger partial charge on any atom is 0.326 e. The largest absolute Gasteiger partial charge is 0.465 e. The fourth-order valence-corrected chi connectivity index (χ4v) is 2.67. The highest BCUT2D eigenvalue weighted by Crippen LogP contribution is 2.23. The predicted octanol–water partition coefficient (Wildman–Crippen LogP) is 2.85. The van der Waals surface area contributed by atoms with Gasteiger partial charge in [0.1, 0.15) is 11.4 Å². The number of esters is 1. The topological polar surface area (TPSA) is 38.3 Å². The lowest BCUT2D eigenvalue weighted by molar-refractivity contribution is -0.150. The molecule has 3 nitrogen and oxygen atoms in total. The van der Waals surface area contributed by atoms with E-state index >= 15 is 0 Å². The van der Waals surface area contributed by atoms with E-state index < -0.39 is 5.54 Å². The maximum atomic E-state index is 13.0. The Kier molecular flexibility index (Phi) is 6.31. The van der Waals surface area contributed by atoms with Crippen LogP contribution < -0.4 is 5.32 Å². The molecule has 0 aliphatic heterocycles. The van der Waals surface area contributed by atoms with Gasteiger partial charge in [-0.05, 0) is 45.5 Å². The molecule has 0 radical (unpaired) electrons. The van der Waals surface area contributed by atoms with Crippen LogP contribution in [-0.4, -0.2) is 30.9 Å². The zero-order chi connectivity index (χ0) is 14.3. The van der Waals surface area contributed by atoms with Crippen LogP contribution in [0.4, 0.5) is 4.39 Å². The summed E-state index contributed by atoms with van der Waals surface area (Å²) in [4.78, 5) is 12.7. The van der Waals surface area contributed by atoms with Crippen molar-refractivity contribution in [2.45, 2.75) is 30.7 Å². The van der Waals surface area contributed by atoms with E-state index in [0.717, 1.165) is 4.90 Å². The number of hydrogen-bond acceptors (Lipinski definition) is 4. The number of halogens is 1. The number of ether oxygens (including phenoxy) is 1. The summed E-state index contributed by atoms with van der Waals surface area (Å²) in [5.41, 5.74) is -0.698. The minimum Gasteiger partial charge on any atom is -0.465 e. The van der Waals surface area contributed by atoms with Crippen molar-refractivity contribution in [1.82, 2.24) is 5.32 Å². The summed E-state index contributed by atoms with van der Waals surface area (Å²) in [6.07, 6.45) is 0.615. The Hall–Kier alpha value is -1.07. The molecule has 0 aromatic heterocycles. The summed E-state index contributed by atoms with van der Waals surface area (Å²) in [6.45, 7) is 3.97. The first-order valence-corrected chi connectivity index (χ1v) is 7.25. The summed E-state index contributed by atoms with van der Waals surface area (Å²) in [5, 5.41) is 3.00. The van der Waals surface area contributed by atoms with Gasteiger partial charge >= 0.3 is 5.97 Å². The van der Waals surface area contributed by atoms with Crippen molar-refractivity contribution in [3.8, 4) is 0 Å². The van der Waals surface area contributed by atoms with Gasteiger partial charge in [0, 0.05) is 10.6 Å². The lowest BCUT2D eigenvalue weighted by Crippen LogP contribution is -2.49. The average Bonchev–Trinajstić information content (AvgIpc) is 2.39. The third-order valence-electron chi connectivity index (χ3n) is 2.94. The quantitative estimate of drug-likeness (QED) is 0.617. The molecule has 1 unspecified atom stereocenters. The van der Waals surface area contributed by atoms with Gasteiger partial charge in [-0.25, -0.2) is 4.39 Å². The van der Waals surface area contributed by atoms with Crippen LogP contribution in [0.2, 0.25) is 0 Å². The van der Waals surface area contributed by atoms with Crippen LogP contribution in [-0.2, 0) is 9.53 Å². The number of benzene rings is 1. The van der Waals surface area contributed by atoms with Gasteiger partial charge in [-0.3, -0.25) is 4.79 Å². The Bertz CT molecular complexity index is 428. The molecule has 0 aliphatic carbocycles.